The van der Waals surface area contributed by atoms with E-state index in [1.807, 2.05) is 0 Å². The zero-order valence-electron chi connectivity index (χ0n) is 11.7. The van der Waals surface area contributed by atoms with Crippen molar-refractivity contribution >= 4 is 5.91 Å². The van der Waals surface area contributed by atoms with Gasteiger partial charge < -0.3 is 10.1 Å². The average Bonchev–Trinajstić information content (AvgIpc) is 3.26. The molecule has 1 aliphatic rings. The van der Waals surface area contributed by atoms with Crippen LogP contribution in [0.15, 0.2) is 24.3 Å². The monoisotopic (exact) mass is 279 g/mol. The number of hydrogen-bond donors (Lipinski definition) is 1. The lowest BCUT2D eigenvalue weighted by atomic mass is 10.1. The Morgan fingerprint density at radius 3 is 2.75 bits per heavy atom. The number of rotatable bonds is 9. The molecule has 110 valence electrons. The van der Waals surface area contributed by atoms with Crippen molar-refractivity contribution in [2.24, 2.45) is 5.92 Å². The number of carbonyl (C=O) groups excluding carboxylic acids is 1. The summed E-state index contributed by atoms with van der Waals surface area (Å²) in [6, 6.07) is 6.28. The van der Waals surface area contributed by atoms with E-state index < -0.39 is 0 Å². The molecular formula is C16H22FNO2. The second-order valence-electron chi connectivity index (χ2n) is 5.35. The number of carbonyl (C=O) groups is 1. The van der Waals surface area contributed by atoms with Gasteiger partial charge >= 0.3 is 0 Å². The van der Waals surface area contributed by atoms with E-state index in [4.69, 9.17) is 4.74 Å². The van der Waals surface area contributed by atoms with Gasteiger partial charge in [0, 0.05) is 26.2 Å². The highest BCUT2D eigenvalue weighted by molar-refractivity contribution is 5.76. The Kier molecular flexibility index (Phi) is 5.99. The third-order valence-electron chi connectivity index (χ3n) is 3.39. The van der Waals surface area contributed by atoms with E-state index in [1.165, 1.54) is 25.0 Å². The Hall–Kier alpha value is -1.42. The van der Waals surface area contributed by atoms with Gasteiger partial charge in [-0.2, -0.15) is 0 Å². The topological polar surface area (TPSA) is 38.3 Å². The summed E-state index contributed by atoms with van der Waals surface area (Å²) >= 11 is 0. The van der Waals surface area contributed by atoms with E-state index >= 15 is 0 Å². The third-order valence-corrected chi connectivity index (χ3v) is 3.39. The van der Waals surface area contributed by atoms with Crippen molar-refractivity contribution in [3.8, 4) is 0 Å². The Bertz CT molecular complexity index is 415. The normalized spacial score (nSPS) is 14.2. The van der Waals surface area contributed by atoms with Crippen LogP contribution < -0.4 is 5.32 Å². The van der Waals surface area contributed by atoms with Gasteiger partial charge in [-0.3, -0.25) is 4.79 Å². The van der Waals surface area contributed by atoms with Gasteiger partial charge in [-0.25, -0.2) is 4.39 Å². The van der Waals surface area contributed by atoms with Crippen molar-refractivity contribution in [2.45, 2.75) is 32.1 Å². The first-order chi connectivity index (χ1) is 9.74. The second kappa shape index (κ2) is 8.00. The van der Waals surface area contributed by atoms with Crippen LogP contribution in [0.3, 0.4) is 0 Å². The minimum atomic E-state index is -0.246. The van der Waals surface area contributed by atoms with Crippen LogP contribution in [0, 0.1) is 11.7 Å². The Morgan fingerprint density at radius 2 is 2.05 bits per heavy atom. The molecule has 0 aromatic heterocycles. The molecule has 0 bridgehead atoms. The predicted molar refractivity (Wildman–Crippen MR) is 75.9 cm³/mol. The summed E-state index contributed by atoms with van der Waals surface area (Å²) in [5, 5.41) is 2.88. The van der Waals surface area contributed by atoms with E-state index in [1.54, 1.807) is 12.1 Å². The van der Waals surface area contributed by atoms with Crippen LogP contribution >= 0.6 is 0 Å². The zero-order chi connectivity index (χ0) is 14.2. The van der Waals surface area contributed by atoms with Crippen LogP contribution in [-0.2, 0) is 16.0 Å². The lowest BCUT2D eigenvalue weighted by Gasteiger charge is -2.06. The molecule has 1 aromatic carbocycles. The maximum Gasteiger partial charge on any atom is 0.220 e. The smallest absolute Gasteiger partial charge is 0.220 e. The largest absolute Gasteiger partial charge is 0.381 e. The summed E-state index contributed by atoms with van der Waals surface area (Å²) in [4.78, 5) is 11.6. The molecule has 0 spiro atoms. The van der Waals surface area contributed by atoms with E-state index in [0.29, 0.717) is 19.4 Å². The predicted octanol–water partition coefficient (Wildman–Crippen LogP) is 2.69. The molecule has 1 N–H and O–H groups in total. The molecule has 0 atom stereocenters. The van der Waals surface area contributed by atoms with Crippen LogP contribution in [0.5, 0.6) is 0 Å². The molecule has 1 aliphatic carbocycles. The maximum atomic E-state index is 12.7. The van der Waals surface area contributed by atoms with Crippen LogP contribution in [0.25, 0.3) is 0 Å². The fourth-order valence-corrected chi connectivity index (χ4v) is 1.93. The number of halogens is 1. The molecule has 0 unspecified atom stereocenters. The van der Waals surface area contributed by atoms with Gasteiger partial charge in [0.25, 0.3) is 0 Å². The zero-order valence-corrected chi connectivity index (χ0v) is 11.7. The van der Waals surface area contributed by atoms with E-state index in [-0.39, 0.29) is 11.7 Å². The summed E-state index contributed by atoms with van der Waals surface area (Å²) in [7, 11) is 0. The molecule has 1 fully saturated rings. The van der Waals surface area contributed by atoms with Gasteiger partial charge in [0.1, 0.15) is 5.82 Å². The van der Waals surface area contributed by atoms with Crippen molar-refractivity contribution in [3.63, 3.8) is 0 Å². The number of ether oxygens (including phenoxy) is 1. The summed E-state index contributed by atoms with van der Waals surface area (Å²) < 4.78 is 18.2. The van der Waals surface area contributed by atoms with E-state index in [0.717, 1.165) is 31.1 Å². The van der Waals surface area contributed by atoms with Gasteiger partial charge in [0.05, 0.1) is 0 Å². The van der Waals surface area contributed by atoms with Crippen LogP contribution in [0.4, 0.5) is 4.39 Å². The number of benzene rings is 1. The lowest BCUT2D eigenvalue weighted by molar-refractivity contribution is -0.121. The first kappa shape index (κ1) is 15.0. The van der Waals surface area contributed by atoms with Gasteiger partial charge in [0.15, 0.2) is 0 Å². The molecule has 1 saturated carbocycles. The van der Waals surface area contributed by atoms with Crippen molar-refractivity contribution in [3.05, 3.63) is 35.6 Å². The number of aryl methyl sites for hydroxylation is 1. The van der Waals surface area contributed by atoms with E-state index in [2.05, 4.69) is 5.32 Å². The Morgan fingerprint density at radius 1 is 1.30 bits per heavy atom. The van der Waals surface area contributed by atoms with Crippen molar-refractivity contribution in [1.29, 1.82) is 0 Å². The van der Waals surface area contributed by atoms with Crippen LogP contribution in [0.2, 0.25) is 0 Å². The number of amides is 1. The molecule has 1 aromatic rings. The number of hydrogen-bond acceptors (Lipinski definition) is 2. The molecule has 3 nitrogen and oxygen atoms in total. The molecule has 2 rings (SSSR count). The highest BCUT2D eigenvalue weighted by atomic mass is 19.1. The summed E-state index contributed by atoms with van der Waals surface area (Å²) in [5.74, 6) is 0.584. The lowest BCUT2D eigenvalue weighted by Crippen LogP contribution is -2.25. The molecule has 0 saturated heterocycles. The highest BCUT2D eigenvalue weighted by Gasteiger charge is 2.20. The van der Waals surface area contributed by atoms with Gasteiger partial charge in [-0.15, -0.1) is 0 Å². The Labute approximate surface area is 119 Å². The molecular weight excluding hydrogens is 257 g/mol. The fourth-order valence-electron chi connectivity index (χ4n) is 1.93. The quantitative estimate of drug-likeness (QED) is 0.706. The van der Waals surface area contributed by atoms with Crippen molar-refractivity contribution < 1.29 is 13.9 Å². The first-order valence-electron chi connectivity index (χ1n) is 7.33. The van der Waals surface area contributed by atoms with E-state index in [9.17, 15) is 9.18 Å². The van der Waals surface area contributed by atoms with Gasteiger partial charge in [-0.05, 0) is 49.3 Å². The molecule has 0 aliphatic heterocycles. The highest BCUT2D eigenvalue weighted by Crippen LogP contribution is 2.28. The molecule has 0 heterocycles. The number of nitrogens with one attached hydrogen (secondary N) is 1. The Balaban J connectivity index is 1.48. The minimum absolute atomic E-state index is 0.0384. The molecule has 4 heteroatoms. The summed E-state index contributed by atoms with van der Waals surface area (Å²) in [6.45, 7) is 2.25. The minimum Gasteiger partial charge on any atom is -0.381 e. The summed E-state index contributed by atoms with van der Waals surface area (Å²) in [5.41, 5.74) is 0.981. The third kappa shape index (κ3) is 6.15. The van der Waals surface area contributed by atoms with Gasteiger partial charge in [0.2, 0.25) is 5.91 Å². The summed E-state index contributed by atoms with van der Waals surface area (Å²) in [6.07, 6.45) is 4.55. The maximum absolute atomic E-state index is 12.7. The average molecular weight is 279 g/mol. The standard InChI is InChI=1S/C16H22FNO2/c17-15-7-4-13(5-8-15)6-9-16(19)18-10-1-11-20-12-14-2-3-14/h4-5,7-8,14H,1-3,6,9-12H2,(H,18,19). The first-order valence-corrected chi connectivity index (χ1v) is 7.33. The second-order valence-corrected chi connectivity index (χ2v) is 5.35. The van der Waals surface area contributed by atoms with Crippen LogP contribution in [0.1, 0.15) is 31.2 Å². The van der Waals surface area contributed by atoms with Gasteiger partial charge in [-0.1, -0.05) is 12.1 Å². The molecule has 1 amide bonds. The molecule has 0 radical (unpaired) electrons. The van der Waals surface area contributed by atoms with Crippen LogP contribution in [-0.4, -0.2) is 25.7 Å². The molecule has 20 heavy (non-hydrogen) atoms. The van der Waals surface area contributed by atoms with Crippen molar-refractivity contribution in [2.75, 3.05) is 19.8 Å². The fraction of sp³-hybridized carbons (Fsp3) is 0.562. The van der Waals surface area contributed by atoms with Crippen molar-refractivity contribution in [1.82, 2.24) is 5.32 Å². The SMILES string of the molecule is O=C(CCc1ccc(F)cc1)NCCCOCC1CC1.